The molecule has 1 amide bonds. The predicted molar refractivity (Wildman–Crippen MR) is 73.2 cm³/mol. The van der Waals surface area contributed by atoms with Gasteiger partial charge in [-0.3, -0.25) is 4.79 Å². The SMILES string of the molecule is COC(=O)c1ccc(C(=O)NCc2cccc(F)c2)s1. The maximum absolute atomic E-state index is 13.0. The molecular formula is C14H12FNO3S. The first-order chi connectivity index (χ1) is 9.60. The van der Waals surface area contributed by atoms with Crippen LogP contribution in [0, 0.1) is 5.82 Å². The van der Waals surface area contributed by atoms with E-state index >= 15 is 0 Å². The Kier molecular flexibility index (Phi) is 4.47. The molecule has 104 valence electrons. The van der Waals surface area contributed by atoms with Crippen LogP contribution in [0.15, 0.2) is 36.4 Å². The molecule has 0 aliphatic rings. The van der Waals surface area contributed by atoms with E-state index in [4.69, 9.17) is 0 Å². The second-order valence-electron chi connectivity index (χ2n) is 3.97. The van der Waals surface area contributed by atoms with Gasteiger partial charge in [-0.05, 0) is 29.8 Å². The molecule has 1 heterocycles. The number of hydrogen-bond acceptors (Lipinski definition) is 4. The van der Waals surface area contributed by atoms with Gasteiger partial charge >= 0.3 is 5.97 Å². The number of ether oxygens (including phenoxy) is 1. The summed E-state index contributed by atoms with van der Waals surface area (Å²) in [6, 6.07) is 9.09. The highest BCUT2D eigenvalue weighted by molar-refractivity contribution is 7.15. The predicted octanol–water partition coefficient (Wildman–Crippen LogP) is 2.60. The van der Waals surface area contributed by atoms with E-state index in [9.17, 15) is 14.0 Å². The summed E-state index contributed by atoms with van der Waals surface area (Å²) in [5.41, 5.74) is 0.670. The van der Waals surface area contributed by atoms with Gasteiger partial charge in [-0.15, -0.1) is 11.3 Å². The third kappa shape index (κ3) is 3.42. The van der Waals surface area contributed by atoms with Crippen LogP contribution in [0.25, 0.3) is 0 Å². The Hall–Kier alpha value is -2.21. The summed E-state index contributed by atoms with van der Waals surface area (Å²) >= 11 is 1.05. The molecule has 0 unspecified atom stereocenters. The van der Waals surface area contributed by atoms with Gasteiger partial charge in [0.1, 0.15) is 10.7 Å². The number of thiophene rings is 1. The number of rotatable bonds is 4. The fourth-order valence-electron chi connectivity index (χ4n) is 1.59. The first kappa shape index (κ1) is 14.2. The van der Waals surface area contributed by atoms with Crippen molar-refractivity contribution in [1.82, 2.24) is 5.32 Å². The standard InChI is InChI=1S/C14H12FNO3S/c1-19-14(18)12-6-5-11(20-12)13(17)16-8-9-3-2-4-10(15)7-9/h2-7H,8H2,1H3,(H,16,17). The molecule has 0 fully saturated rings. The van der Waals surface area contributed by atoms with Crippen molar-refractivity contribution in [1.29, 1.82) is 0 Å². The summed E-state index contributed by atoms with van der Waals surface area (Å²) in [5.74, 6) is -1.13. The van der Waals surface area contributed by atoms with Gasteiger partial charge in [0.2, 0.25) is 0 Å². The van der Waals surface area contributed by atoms with Gasteiger partial charge in [0.25, 0.3) is 5.91 Å². The number of amides is 1. The van der Waals surface area contributed by atoms with E-state index in [0.717, 1.165) is 11.3 Å². The highest BCUT2D eigenvalue weighted by Crippen LogP contribution is 2.17. The highest BCUT2D eigenvalue weighted by Gasteiger charge is 2.13. The first-order valence-electron chi connectivity index (χ1n) is 5.81. The van der Waals surface area contributed by atoms with E-state index in [2.05, 4.69) is 10.1 Å². The minimum atomic E-state index is -0.473. The summed E-state index contributed by atoms with van der Waals surface area (Å²) in [6.45, 7) is 0.224. The summed E-state index contributed by atoms with van der Waals surface area (Å²) in [4.78, 5) is 23.9. The summed E-state index contributed by atoms with van der Waals surface area (Å²) < 4.78 is 17.6. The Balaban J connectivity index is 1.98. The molecule has 6 heteroatoms. The molecule has 0 aliphatic heterocycles. The van der Waals surface area contributed by atoms with Crippen molar-refractivity contribution in [3.63, 3.8) is 0 Å². The van der Waals surface area contributed by atoms with Crippen LogP contribution in [0.3, 0.4) is 0 Å². The number of carbonyl (C=O) groups is 2. The molecule has 0 aliphatic carbocycles. The Morgan fingerprint density at radius 1 is 1.25 bits per heavy atom. The molecule has 2 aromatic rings. The van der Waals surface area contributed by atoms with Gasteiger partial charge in [0.15, 0.2) is 0 Å². The molecule has 0 radical (unpaired) electrons. The number of methoxy groups -OCH3 is 1. The molecule has 0 saturated heterocycles. The average molecular weight is 293 g/mol. The zero-order valence-corrected chi connectivity index (χ0v) is 11.5. The zero-order chi connectivity index (χ0) is 14.5. The van der Waals surface area contributed by atoms with Crippen molar-refractivity contribution in [2.24, 2.45) is 0 Å². The lowest BCUT2D eigenvalue weighted by Gasteiger charge is -2.03. The van der Waals surface area contributed by atoms with Crippen LogP contribution in [0.5, 0.6) is 0 Å². The van der Waals surface area contributed by atoms with Crippen molar-refractivity contribution in [2.75, 3.05) is 7.11 Å². The molecule has 0 bridgehead atoms. The zero-order valence-electron chi connectivity index (χ0n) is 10.7. The molecule has 0 spiro atoms. The second-order valence-corrected chi connectivity index (χ2v) is 5.05. The smallest absolute Gasteiger partial charge is 0.348 e. The van der Waals surface area contributed by atoms with Gasteiger partial charge in [-0.1, -0.05) is 12.1 Å². The quantitative estimate of drug-likeness (QED) is 0.882. The van der Waals surface area contributed by atoms with Gasteiger partial charge in [-0.2, -0.15) is 0 Å². The summed E-state index contributed by atoms with van der Waals surface area (Å²) in [6.07, 6.45) is 0. The van der Waals surface area contributed by atoms with E-state index in [1.54, 1.807) is 18.2 Å². The van der Waals surface area contributed by atoms with Gasteiger partial charge in [-0.25, -0.2) is 9.18 Å². The lowest BCUT2D eigenvalue weighted by atomic mass is 10.2. The number of hydrogen-bond donors (Lipinski definition) is 1. The van der Waals surface area contributed by atoms with Crippen LogP contribution in [0.2, 0.25) is 0 Å². The van der Waals surface area contributed by atoms with Crippen LogP contribution in [0.1, 0.15) is 24.9 Å². The van der Waals surface area contributed by atoms with E-state index in [1.807, 2.05) is 0 Å². The fraction of sp³-hybridized carbons (Fsp3) is 0.143. The topological polar surface area (TPSA) is 55.4 Å². The van der Waals surface area contributed by atoms with Crippen molar-refractivity contribution in [2.45, 2.75) is 6.54 Å². The molecule has 20 heavy (non-hydrogen) atoms. The lowest BCUT2D eigenvalue weighted by Crippen LogP contribution is -2.21. The molecule has 1 aromatic heterocycles. The largest absolute Gasteiger partial charge is 0.465 e. The van der Waals surface area contributed by atoms with Crippen LogP contribution >= 0.6 is 11.3 Å². The third-order valence-electron chi connectivity index (χ3n) is 2.56. The molecule has 0 atom stereocenters. The fourth-order valence-corrected chi connectivity index (χ4v) is 2.43. The van der Waals surface area contributed by atoms with Gasteiger partial charge in [0.05, 0.1) is 12.0 Å². The van der Waals surface area contributed by atoms with Crippen molar-refractivity contribution in [3.05, 3.63) is 57.5 Å². The van der Waals surface area contributed by atoms with E-state index in [0.29, 0.717) is 15.3 Å². The van der Waals surface area contributed by atoms with E-state index < -0.39 is 5.97 Å². The maximum atomic E-state index is 13.0. The number of esters is 1. The average Bonchev–Trinajstić information content (AvgIpc) is 2.94. The van der Waals surface area contributed by atoms with Crippen LogP contribution in [-0.2, 0) is 11.3 Å². The third-order valence-corrected chi connectivity index (χ3v) is 3.62. The van der Waals surface area contributed by atoms with Crippen LogP contribution in [0.4, 0.5) is 4.39 Å². The Labute approximate surface area is 119 Å². The molecule has 4 nitrogen and oxygen atoms in total. The normalized spacial score (nSPS) is 10.1. The Bertz CT molecular complexity index is 639. The van der Waals surface area contributed by atoms with E-state index in [-0.39, 0.29) is 18.3 Å². The van der Waals surface area contributed by atoms with Gasteiger partial charge < -0.3 is 10.1 Å². The maximum Gasteiger partial charge on any atom is 0.348 e. The van der Waals surface area contributed by atoms with Gasteiger partial charge in [0, 0.05) is 6.54 Å². The summed E-state index contributed by atoms with van der Waals surface area (Å²) in [5, 5.41) is 2.67. The summed E-state index contributed by atoms with van der Waals surface area (Å²) in [7, 11) is 1.28. The minimum Gasteiger partial charge on any atom is -0.465 e. The Morgan fingerprint density at radius 3 is 2.70 bits per heavy atom. The number of carbonyl (C=O) groups excluding carboxylic acids is 2. The van der Waals surface area contributed by atoms with Crippen molar-refractivity contribution < 1.29 is 18.7 Å². The number of halogens is 1. The second kappa shape index (κ2) is 6.29. The molecular weight excluding hydrogens is 281 g/mol. The minimum absolute atomic E-state index is 0.224. The van der Waals surface area contributed by atoms with Crippen molar-refractivity contribution >= 4 is 23.2 Å². The lowest BCUT2D eigenvalue weighted by molar-refractivity contribution is 0.0606. The monoisotopic (exact) mass is 293 g/mol. The van der Waals surface area contributed by atoms with Crippen LogP contribution < -0.4 is 5.32 Å². The first-order valence-corrected chi connectivity index (χ1v) is 6.62. The number of benzene rings is 1. The number of nitrogens with one attached hydrogen (secondary N) is 1. The molecule has 0 saturated carbocycles. The van der Waals surface area contributed by atoms with Crippen molar-refractivity contribution in [3.8, 4) is 0 Å². The molecule has 1 N–H and O–H groups in total. The Morgan fingerprint density at radius 2 is 2.00 bits per heavy atom. The van der Waals surface area contributed by atoms with Crippen LogP contribution in [-0.4, -0.2) is 19.0 Å². The molecule has 1 aromatic carbocycles. The van der Waals surface area contributed by atoms with E-state index in [1.165, 1.54) is 25.3 Å². The molecule has 2 rings (SSSR count). The highest BCUT2D eigenvalue weighted by atomic mass is 32.1.